The van der Waals surface area contributed by atoms with Crippen molar-refractivity contribution in [3.8, 4) is 0 Å². The highest BCUT2D eigenvalue weighted by Gasteiger charge is 2.28. The number of hydrogen-bond acceptors (Lipinski definition) is 4. The summed E-state index contributed by atoms with van der Waals surface area (Å²) in [5, 5.41) is 0. The van der Waals surface area contributed by atoms with Crippen molar-refractivity contribution < 1.29 is 9.59 Å². The molecule has 0 aliphatic carbocycles. The standard InChI is InChI=1S/C18H24N2O2S2/c19-16(21)12-15-4-1-2-9-20(15)17(22)13-5-7-14(8-6-13)18-23-10-3-11-24-18/h5-8,15,18H,1-4,9-12H2,(H2,19,21)/t15-/m0/s1. The van der Waals surface area contributed by atoms with E-state index in [1.165, 1.54) is 23.5 Å². The lowest BCUT2D eigenvalue weighted by Crippen LogP contribution is -2.45. The number of carbonyl (C=O) groups is 2. The number of piperidine rings is 1. The van der Waals surface area contributed by atoms with Crippen molar-refractivity contribution in [3.63, 3.8) is 0 Å². The van der Waals surface area contributed by atoms with Gasteiger partial charge in [-0.25, -0.2) is 0 Å². The largest absolute Gasteiger partial charge is 0.370 e. The minimum Gasteiger partial charge on any atom is -0.370 e. The average molecular weight is 365 g/mol. The predicted molar refractivity (Wildman–Crippen MR) is 101 cm³/mol. The van der Waals surface area contributed by atoms with Gasteiger partial charge in [0.05, 0.1) is 4.58 Å². The number of nitrogens with two attached hydrogens (primary N) is 1. The van der Waals surface area contributed by atoms with Crippen LogP contribution in [-0.4, -0.2) is 40.8 Å². The summed E-state index contributed by atoms with van der Waals surface area (Å²) in [6.45, 7) is 0.715. The molecule has 3 rings (SSSR count). The lowest BCUT2D eigenvalue weighted by Gasteiger charge is -2.35. The van der Waals surface area contributed by atoms with Crippen molar-refractivity contribution in [2.24, 2.45) is 5.73 Å². The minimum atomic E-state index is -0.332. The van der Waals surface area contributed by atoms with Gasteiger partial charge in [-0.05, 0) is 54.9 Å². The van der Waals surface area contributed by atoms with Crippen LogP contribution in [0.4, 0.5) is 0 Å². The van der Waals surface area contributed by atoms with E-state index in [0.717, 1.165) is 19.3 Å². The second kappa shape index (κ2) is 8.30. The predicted octanol–water partition coefficient (Wildman–Crippen LogP) is 3.43. The Bertz CT molecular complexity index is 585. The zero-order valence-corrected chi connectivity index (χ0v) is 15.4. The zero-order valence-electron chi connectivity index (χ0n) is 13.8. The van der Waals surface area contributed by atoms with E-state index < -0.39 is 0 Å². The van der Waals surface area contributed by atoms with Gasteiger partial charge in [0.25, 0.3) is 5.91 Å². The van der Waals surface area contributed by atoms with Gasteiger partial charge in [-0.2, -0.15) is 0 Å². The molecule has 2 amide bonds. The molecule has 0 spiro atoms. The van der Waals surface area contributed by atoms with Crippen molar-refractivity contribution in [1.82, 2.24) is 4.90 Å². The number of benzene rings is 1. The maximum Gasteiger partial charge on any atom is 0.254 e. The molecule has 1 atom stereocenters. The monoisotopic (exact) mass is 364 g/mol. The van der Waals surface area contributed by atoms with Crippen LogP contribution in [0.25, 0.3) is 0 Å². The van der Waals surface area contributed by atoms with E-state index in [9.17, 15) is 9.59 Å². The molecule has 4 nitrogen and oxygen atoms in total. The second-order valence-electron chi connectivity index (χ2n) is 6.37. The number of carbonyl (C=O) groups excluding carboxylic acids is 2. The van der Waals surface area contributed by atoms with Crippen molar-refractivity contribution >= 4 is 35.3 Å². The third-order valence-electron chi connectivity index (χ3n) is 4.58. The summed E-state index contributed by atoms with van der Waals surface area (Å²) in [5.41, 5.74) is 7.34. The molecular weight excluding hydrogens is 340 g/mol. The fourth-order valence-corrected chi connectivity index (χ4v) is 6.24. The summed E-state index contributed by atoms with van der Waals surface area (Å²) in [4.78, 5) is 26.0. The van der Waals surface area contributed by atoms with E-state index in [1.807, 2.05) is 40.6 Å². The molecule has 2 N–H and O–H groups in total. The maximum atomic E-state index is 12.8. The van der Waals surface area contributed by atoms with Gasteiger partial charge in [0.2, 0.25) is 5.91 Å². The normalized spacial score (nSPS) is 22.3. The van der Waals surface area contributed by atoms with Gasteiger partial charge in [0, 0.05) is 24.6 Å². The first-order valence-electron chi connectivity index (χ1n) is 8.57. The first-order valence-corrected chi connectivity index (χ1v) is 10.7. The third kappa shape index (κ3) is 4.28. The molecule has 0 saturated carbocycles. The fourth-order valence-electron chi connectivity index (χ4n) is 3.34. The number of hydrogen-bond donors (Lipinski definition) is 1. The summed E-state index contributed by atoms with van der Waals surface area (Å²) in [6.07, 6.45) is 4.45. The molecule has 6 heteroatoms. The molecule has 1 aromatic rings. The van der Waals surface area contributed by atoms with Crippen LogP contribution in [-0.2, 0) is 4.79 Å². The quantitative estimate of drug-likeness (QED) is 0.889. The smallest absolute Gasteiger partial charge is 0.254 e. The first-order chi connectivity index (χ1) is 11.6. The Morgan fingerprint density at radius 3 is 2.46 bits per heavy atom. The van der Waals surface area contributed by atoms with Gasteiger partial charge in [-0.3, -0.25) is 9.59 Å². The molecule has 0 unspecified atom stereocenters. The number of amides is 2. The van der Waals surface area contributed by atoms with Crippen molar-refractivity contribution in [1.29, 1.82) is 0 Å². The van der Waals surface area contributed by atoms with Gasteiger partial charge in [-0.15, -0.1) is 23.5 Å². The summed E-state index contributed by atoms with van der Waals surface area (Å²) in [6, 6.07) is 7.98. The molecule has 2 heterocycles. The van der Waals surface area contributed by atoms with E-state index in [2.05, 4.69) is 12.1 Å². The lowest BCUT2D eigenvalue weighted by molar-refractivity contribution is -0.119. The molecule has 2 aliphatic rings. The SMILES string of the molecule is NC(=O)C[C@@H]1CCCCN1C(=O)c1ccc(C2SCCCS2)cc1. The van der Waals surface area contributed by atoms with Crippen molar-refractivity contribution in [3.05, 3.63) is 35.4 Å². The Balaban J connectivity index is 1.70. The van der Waals surface area contributed by atoms with Crippen molar-refractivity contribution in [2.75, 3.05) is 18.1 Å². The van der Waals surface area contributed by atoms with E-state index in [0.29, 0.717) is 16.7 Å². The van der Waals surface area contributed by atoms with Crippen LogP contribution >= 0.6 is 23.5 Å². The third-order valence-corrected chi connectivity index (χ3v) is 7.60. The molecule has 0 radical (unpaired) electrons. The Kier molecular flexibility index (Phi) is 6.11. The molecule has 130 valence electrons. The fraction of sp³-hybridized carbons (Fsp3) is 0.556. The number of rotatable bonds is 4. The highest BCUT2D eigenvalue weighted by molar-refractivity contribution is 8.16. The summed E-state index contributed by atoms with van der Waals surface area (Å²) in [5.74, 6) is 2.11. The van der Waals surface area contributed by atoms with Crippen LogP contribution < -0.4 is 5.73 Å². The summed E-state index contributed by atoms with van der Waals surface area (Å²) in [7, 11) is 0. The Morgan fingerprint density at radius 1 is 1.08 bits per heavy atom. The summed E-state index contributed by atoms with van der Waals surface area (Å²) < 4.78 is 0.487. The highest BCUT2D eigenvalue weighted by Crippen LogP contribution is 2.43. The van der Waals surface area contributed by atoms with E-state index in [-0.39, 0.29) is 24.3 Å². The van der Waals surface area contributed by atoms with Gasteiger partial charge in [-0.1, -0.05) is 12.1 Å². The van der Waals surface area contributed by atoms with E-state index in [1.54, 1.807) is 0 Å². The molecule has 1 aromatic carbocycles. The zero-order chi connectivity index (χ0) is 16.9. The minimum absolute atomic E-state index is 0.0245. The highest BCUT2D eigenvalue weighted by atomic mass is 32.2. The maximum absolute atomic E-state index is 12.8. The van der Waals surface area contributed by atoms with Crippen LogP contribution in [0.15, 0.2) is 24.3 Å². The second-order valence-corrected chi connectivity index (χ2v) is 9.09. The molecular formula is C18H24N2O2S2. The van der Waals surface area contributed by atoms with Crippen LogP contribution in [0.5, 0.6) is 0 Å². The Hall–Kier alpha value is -1.14. The number of primary amides is 1. The number of thioether (sulfide) groups is 2. The van der Waals surface area contributed by atoms with Crippen molar-refractivity contribution in [2.45, 2.75) is 42.7 Å². The van der Waals surface area contributed by atoms with Gasteiger partial charge in [0.1, 0.15) is 0 Å². The molecule has 2 saturated heterocycles. The van der Waals surface area contributed by atoms with Crippen LogP contribution in [0.2, 0.25) is 0 Å². The van der Waals surface area contributed by atoms with Gasteiger partial charge in [0.15, 0.2) is 0 Å². The van der Waals surface area contributed by atoms with E-state index >= 15 is 0 Å². The molecule has 2 aliphatic heterocycles. The molecule has 24 heavy (non-hydrogen) atoms. The summed E-state index contributed by atoms with van der Waals surface area (Å²) >= 11 is 3.96. The number of likely N-dealkylation sites (tertiary alicyclic amines) is 1. The molecule has 0 aromatic heterocycles. The average Bonchev–Trinajstić information content (AvgIpc) is 2.62. The van der Waals surface area contributed by atoms with E-state index in [4.69, 9.17) is 5.73 Å². The Morgan fingerprint density at radius 2 is 1.79 bits per heavy atom. The molecule has 0 bridgehead atoms. The van der Waals surface area contributed by atoms with Crippen LogP contribution in [0.3, 0.4) is 0 Å². The topological polar surface area (TPSA) is 63.4 Å². The van der Waals surface area contributed by atoms with Crippen LogP contribution in [0.1, 0.15) is 52.6 Å². The number of nitrogens with zero attached hydrogens (tertiary/aromatic N) is 1. The molecule has 2 fully saturated rings. The van der Waals surface area contributed by atoms with Crippen LogP contribution in [0, 0.1) is 0 Å². The van der Waals surface area contributed by atoms with Gasteiger partial charge >= 0.3 is 0 Å². The first kappa shape index (κ1) is 17.7. The van der Waals surface area contributed by atoms with Gasteiger partial charge < -0.3 is 10.6 Å². The Labute approximate surface area is 151 Å². The lowest BCUT2D eigenvalue weighted by atomic mass is 9.98.